The van der Waals surface area contributed by atoms with Gasteiger partial charge in [-0.2, -0.15) is 0 Å². The van der Waals surface area contributed by atoms with Crippen LogP contribution in [-0.2, 0) is 6.54 Å². The van der Waals surface area contributed by atoms with Crippen LogP contribution in [0.1, 0.15) is 18.5 Å². The summed E-state index contributed by atoms with van der Waals surface area (Å²) in [5, 5.41) is 3.33. The molecule has 5 heteroatoms. The van der Waals surface area contributed by atoms with Gasteiger partial charge in [0.2, 0.25) is 0 Å². The number of pyridine rings is 1. The van der Waals surface area contributed by atoms with Crippen LogP contribution in [0.3, 0.4) is 0 Å². The van der Waals surface area contributed by atoms with Crippen LogP contribution in [0.25, 0.3) is 5.65 Å². The van der Waals surface area contributed by atoms with Gasteiger partial charge >= 0.3 is 0 Å². The molecule has 0 aromatic carbocycles. The molecule has 0 saturated carbocycles. The molecule has 0 aliphatic carbocycles. The lowest BCUT2D eigenvalue weighted by Gasteiger charge is -2.32. The molecule has 0 bridgehead atoms. The van der Waals surface area contributed by atoms with Crippen molar-refractivity contribution in [1.82, 2.24) is 19.6 Å². The van der Waals surface area contributed by atoms with Crippen LogP contribution in [0.2, 0.25) is 0 Å². The third-order valence-electron chi connectivity index (χ3n) is 3.92. The van der Waals surface area contributed by atoms with Gasteiger partial charge < -0.3 is 5.32 Å². The summed E-state index contributed by atoms with van der Waals surface area (Å²) in [5.74, 6) is 0. The van der Waals surface area contributed by atoms with E-state index in [0.29, 0.717) is 6.04 Å². The average Bonchev–Trinajstić information content (AvgIpc) is 2.47. The van der Waals surface area contributed by atoms with E-state index in [4.69, 9.17) is 0 Å². The average molecular weight is 272 g/mol. The smallest absolute Gasteiger partial charge is 0.258 e. The minimum atomic E-state index is -0.00669. The second-order valence-electron chi connectivity index (χ2n) is 5.38. The minimum Gasteiger partial charge on any atom is -0.316 e. The van der Waals surface area contributed by atoms with Crippen LogP contribution >= 0.6 is 0 Å². The summed E-state index contributed by atoms with van der Waals surface area (Å²) in [6, 6.07) is 7.82. The molecule has 1 N–H and O–H groups in total. The number of hydrogen-bond acceptors (Lipinski definition) is 4. The molecule has 1 unspecified atom stereocenters. The molecule has 20 heavy (non-hydrogen) atoms. The highest BCUT2D eigenvalue weighted by Gasteiger charge is 2.19. The first-order chi connectivity index (χ1) is 9.76. The number of hydrogen-bond donors (Lipinski definition) is 1. The molecule has 0 radical (unpaired) electrons. The van der Waals surface area contributed by atoms with Gasteiger partial charge in [0, 0.05) is 31.4 Å². The maximum atomic E-state index is 12.1. The Bertz CT molecular complexity index is 652. The largest absolute Gasteiger partial charge is 0.316 e. The summed E-state index contributed by atoms with van der Waals surface area (Å²) in [6.45, 7) is 2.85. The summed E-state index contributed by atoms with van der Waals surface area (Å²) in [5.41, 5.74) is 1.57. The number of likely N-dealkylation sites (N-methyl/N-ethyl adjacent to an activating group) is 1. The number of aromatic nitrogens is 2. The highest BCUT2D eigenvalue weighted by atomic mass is 16.1. The van der Waals surface area contributed by atoms with Crippen molar-refractivity contribution in [3.8, 4) is 0 Å². The first-order valence-corrected chi connectivity index (χ1v) is 7.13. The van der Waals surface area contributed by atoms with Gasteiger partial charge in [0.15, 0.2) is 0 Å². The highest BCUT2D eigenvalue weighted by Crippen LogP contribution is 2.12. The molecule has 1 saturated heterocycles. The van der Waals surface area contributed by atoms with Crippen molar-refractivity contribution in [2.75, 3.05) is 20.1 Å². The molecule has 1 aliphatic heterocycles. The van der Waals surface area contributed by atoms with Gasteiger partial charge in [-0.05, 0) is 38.6 Å². The number of nitrogens with one attached hydrogen (secondary N) is 1. The second kappa shape index (κ2) is 5.73. The SMILES string of the molecule is CNC1CCCN(Cc2cc(=O)n3ccccc3n2)C1. The predicted octanol–water partition coefficient (Wildman–Crippen LogP) is 0.878. The maximum Gasteiger partial charge on any atom is 0.258 e. The van der Waals surface area contributed by atoms with Crippen molar-refractivity contribution in [2.24, 2.45) is 0 Å². The zero-order valence-electron chi connectivity index (χ0n) is 11.7. The van der Waals surface area contributed by atoms with Gasteiger partial charge in [0.05, 0.1) is 5.69 Å². The van der Waals surface area contributed by atoms with Gasteiger partial charge in [0.1, 0.15) is 5.65 Å². The minimum absolute atomic E-state index is 0.00669. The Hall–Kier alpha value is -1.72. The van der Waals surface area contributed by atoms with Crippen molar-refractivity contribution in [3.63, 3.8) is 0 Å². The van der Waals surface area contributed by atoms with Crippen molar-refractivity contribution in [1.29, 1.82) is 0 Å². The third kappa shape index (κ3) is 2.73. The van der Waals surface area contributed by atoms with E-state index in [1.165, 1.54) is 12.8 Å². The quantitative estimate of drug-likeness (QED) is 0.901. The van der Waals surface area contributed by atoms with Crippen LogP contribution in [0, 0.1) is 0 Å². The first kappa shape index (κ1) is 13.3. The zero-order chi connectivity index (χ0) is 13.9. The van der Waals surface area contributed by atoms with Crippen molar-refractivity contribution in [2.45, 2.75) is 25.4 Å². The van der Waals surface area contributed by atoms with Crippen LogP contribution in [0.15, 0.2) is 35.3 Å². The lowest BCUT2D eigenvalue weighted by molar-refractivity contribution is 0.186. The molecule has 1 atom stereocenters. The van der Waals surface area contributed by atoms with E-state index < -0.39 is 0 Å². The lowest BCUT2D eigenvalue weighted by Crippen LogP contribution is -2.44. The van der Waals surface area contributed by atoms with Crippen LogP contribution < -0.4 is 10.9 Å². The van der Waals surface area contributed by atoms with Gasteiger partial charge in [-0.15, -0.1) is 0 Å². The third-order valence-corrected chi connectivity index (χ3v) is 3.92. The molecule has 0 amide bonds. The maximum absolute atomic E-state index is 12.1. The monoisotopic (exact) mass is 272 g/mol. The molecule has 106 valence electrons. The topological polar surface area (TPSA) is 49.6 Å². The fraction of sp³-hybridized carbons (Fsp3) is 0.467. The van der Waals surface area contributed by atoms with E-state index in [2.05, 4.69) is 15.2 Å². The van der Waals surface area contributed by atoms with Crippen molar-refractivity contribution < 1.29 is 0 Å². The molecule has 3 rings (SSSR count). The van der Waals surface area contributed by atoms with Crippen LogP contribution in [-0.4, -0.2) is 40.5 Å². The standard InChI is InChI=1S/C15H20N4O/c1-16-12-5-4-7-18(10-12)11-13-9-15(20)19-8-3-2-6-14(19)17-13/h2-3,6,8-9,12,16H,4-5,7,10-11H2,1H3. The number of piperidine rings is 1. The second-order valence-corrected chi connectivity index (χ2v) is 5.38. The molecular formula is C15H20N4O. The van der Waals surface area contributed by atoms with Crippen LogP contribution in [0.5, 0.6) is 0 Å². The molecule has 3 heterocycles. The fourth-order valence-corrected chi connectivity index (χ4v) is 2.85. The van der Waals surface area contributed by atoms with Crippen molar-refractivity contribution in [3.05, 3.63) is 46.5 Å². The number of nitrogens with zero attached hydrogens (tertiary/aromatic N) is 3. The summed E-state index contributed by atoms with van der Waals surface area (Å²) < 4.78 is 1.58. The Balaban J connectivity index is 1.82. The summed E-state index contributed by atoms with van der Waals surface area (Å²) in [4.78, 5) is 19.0. The normalized spacial score (nSPS) is 20.4. The van der Waals surface area contributed by atoms with Gasteiger partial charge in [-0.25, -0.2) is 4.98 Å². The fourth-order valence-electron chi connectivity index (χ4n) is 2.85. The molecule has 2 aromatic rings. The zero-order valence-corrected chi connectivity index (χ0v) is 11.7. The Morgan fingerprint density at radius 1 is 1.45 bits per heavy atom. The summed E-state index contributed by atoms with van der Waals surface area (Å²) in [7, 11) is 2.01. The van der Waals surface area contributed by atoms with Gasteiger partial charge in [0.25, 0.3) is 5.56 Å². The molecular weight excluding hydrogens is 252 g/mol. The molecule has 0 spiro atoms. The first-order valence-electron chi connectivity index (χ1n) is 7.13. The van der Waals surface area contributed by atoms with Crippen LogP contribution in [0.4, 0.5) is 0 Å². The Labute approximate surface area is 118 Å². The van der Waals surface area contributed by atoms with E-state index in [1.54, 1.807) is 16.7 Å². The Morgan fingerprint density at radius 3 is 3.20 bits per heavy atom. The predicted molar refractivity (Wildman–Crippen MR) is 78.8 cm³/mol. The van der Waals surface area contributed by atoms with E-state index in [0.717, 1.165) is 31.0 Å². The Kier molecular flexibility index (Phi) is 3.80. The molecule has 2 aromatic heterocycles. The number of rotatable bonds is 3. The van der Waals surface area contributed by atoms with Gasteiger partial charge in [-0.3, -0.25) is 14.1 Å². The Morgan fingerprint density at radius 2 is 2.35 bits per heavy atom. The molecule has 5 nitrogen and oxygen atoms in total. The van der Waals surface area contributed by atoms with E-state index in [-0.39, 0.29) is 5.56 Å². The lowest BCUT2D eigenvalue weighted by atomic mass is 10.1. The van der Waals surface area contributed by atoms with E-state index >= 15 is 0 Å². The molecule has 1 fully saturated rings. The summed E-state index contributed by atoms with van der Waals surface area (Å²) >= 11 is 0. The van der Waals surface area contributed by atoms with Crippen molar-refractivity contribution >= 4 is 5.65 Å². The number of fused-ring (bicyclic) bond motifs is 1. The molecule has 1 aliphatic rings. The van der Waals surface area contributed by atoms with E-state index in [1.807, 2.05) is 25.2 Å². The van der Waals surface area contributed by atoms with E-state index in [9.17, 15) is 4.79 Å². The highest BCUT2D eigenvalue weighted by molar-refractivity contribution is 5.37. The van der Waals surface area contributed by atoms with Gasteiger partial charge in [-0.1, -0.05) is 6.07 Å². The number of likely N-dealkylation sites (tertiary alicyclic amines) is 1. The summed E-state index contributed by atoms with van der Waals surface area (Å²) in [6.07, 6.45) is 4.17.